The van der Waals surface area contributed by atoms with E-state index in [9.17, 15) is 30.0 Å². The Morgan fingerprint density at radius 2 is 1.47 bits per heavy atom. The summed E-state index contributed by atoms with van der Waals surface area (Å²) in [6.07, 6.45) is -8.06. The molecule has 0 amide bonds. The molecule has 4 N–H and O–H groups in total. The van der Waals surface area contributed by atoms with Gasteiger partial charge in [0.25, 0.3) is 0 Å². The van der Waals surface area contributed by atoms with Gasteiger partial charge in [-0.05, 0) is 12.1 Å². The van der Waals surface area contributed by atoms with Crippen LogP contribution in [0, 0.1) is 0 Å². The molecule has 0 saturated carbocycles. The van der Waals surface area contributed by atoms with Gasteiger partial charge in [-0.1, -0.05) is 12.1 Å². The molecule has 1 aromatic rings. The molecule has 7 nitrogen and oxygen atoms in total. The number of hydrogen-bond donors (Lipinski definition) is 4. The number of rotatable bonds is 0. The van der Waals surface area contributed by atoms with Crippen molar-refractivity contribution in [1.29, 1.82) is 0 Å². The normalized spacial score (nSPS) is 31.8. The molecule has 1 aliphatic rings. The van der Waals surface area contributed by atoms with Crippen LogP contribution in [-0.4, -0.2) is 56.6 Å². The Kier molecular flexibility index (Phi) is 3.63. The molecule has 1 heterocycles. The van der Waals surface area contributed by atoms with Gasteiger partial charge >= 0.3 is 5.97 Å². The number of fused-ring (bicyclic) bond motifs is 1. The molecule has 0 fully saturated rings. The summed E-state index contributed by atoms with van der Waals surface area (Å²) < 4.78 is 4.77. The third-order valence-corrected chi connectivity index (χ3v) is 2.87. The van der Waals surface area contributed by atoms with Crippen LogP contribution in [0.5, 0.6) is 5.75 Å². The molecule has 0 bridgehead atoms. The molecule has 2 rings (SSSR count). The lowest BCUT2D eigenvalue weighted by Crippen LogP contribution is -2.49. The number of aliphatic hydroxyl groups excluding tert-OH is 4. The Hall–Kier alpha value is -1.80. The molecule has 0 saturated heterocycles. The van der Waals surface area contributed by atoms with E-state index in [1.165, 1.54) is 24.3 Å². The van der Waals surface area contributed by atoms with Gasteiger partial charge in [0.2, 0.25) is 0 Å². The van der Waals surface area contributed by atoms with E-state index in [0.29, 0.717) is 0 Å². The van der Waals surface area contributed by atoms with E-state index < -0.39 is 36.2 Å². The van der Waals surface area contributed by atoms with E-state index >= 15 is 0 Å². The minimum absolute atomic E-state index is 0.122. The fraction of sp³-hybridized carbons (Fsp3) is 0.333. The number of Topliss-reactive ketones (excluding diaryl/α,β-unsaturated/α-hetero) is 1. The highest BCUT2D eigenvalue weighted by molar-refractivity contribution is 6.03. The van der Waals surface area contributed by atoms with Gasteiger partial charge in [0.15, 0.2) is 11.9 Å². The second-order valence-corrected chi connectivity index (χ2v) is 4.15. The Bertz CT molecular complexity index is 513. The van der Waals surface area contributed by atoms with Crippen molar-refractivity contribution in [2.75, 3.05) is 0 Å². The van der Waals surface area contributed by atoms with Crippen molar-refractivity contribution < 1.29 is 34.8 Å². The number of para-hydroxylation sites is 1. The van der Waals surface area contributed by atoms with Gasteiger partial charge in [-0.3, -0.25) is 4.79 Å². The van der Waals surface area contributed by atoms with Crippen molar-refractivity contribution in [2.45, 2.75) is 24.4 Å². The van der Waals surface area contributed by atoms with Gasteiger partial charge in [0, 0.05) is 0 Å². The lowest BCUT2D eigenvalue weighted by molar-refractivity contribution is -0.157. The van der Waals surface area contributed by atoms with Gasteiger partial charge in [0.05, 0.1) is 5.56 Å². The van der Waals surface area contributed by atoms with E-state index in [1.807, 2.05) is 0 Å². The first-order valence-electron chi connectivity index (χ1n) is 5.50. The summed E-state index contributed by atoms with van der Waals surface area (Å²) >= 11 is 0. The number of aliphatic hydroxyl groups is 4. The zero-order chi connectivity index (χ0) is 14.2. The van der Waals surface area contributed by atoms with E-state index in [0.717, 1.165) is 0 Å². The lowest BCUT2D eigenvalue weighted by Gasteiger charge is -2.22. The fourth-order valence-corrected chi connectivity index (χ4v) is 1.76. The fourth-order valence-electron chi connectivity index (χ4n) is 1.76. The molecule has 7 heteroatoms. The largest absolute Gasteiger partial charge is 0.424 e. The second kappa shape index (κ2) is 5.06. The maximum atomic E-state index is 11.9. The third-order valence-electron chi connectivity index (χ3n) is 2.87. The summed E-state index contributed by atoms with van der Waals surface area (Å²) in [5, 5.41) is 38.2. The standard InChI is InChI=1S/C12H12O7/c13-7-5-3-1-2-4-6(5)19-12(18)11(17)10(16)9(15)8(7)14/h1-4,8-11,14-17H/t8?,9-,10-,11-/m1/s1. The quantitative estimate of drug-likeness (QED) is 0.324. The number of hydrogen-bond acceptors (Lipinski definition) is 7. The number of ketones is 1. The predicted molar refractivity (Wildman–Crippen MR) is 60.4 cm³/mol. The average Bonchev–Trinajstić information content (AvgIpc) is 2.44. The Balaban J connectivity index is 2.52. The van der Waals surface area contributed by atoms with Gasteiger partial charge < -0.3 is 25.2 Å². The van der Waals surface area contributed by atoms with Crippen molar-refractivity contribution >= 4 is 11.8 Å². The summed E-state index contributed by atoms with van der Waals surface area (Å²) in [6.45, 7) is 0. The Labute approximate surface area is 107 Å². The number of carbonyl (C=O) groups is 2. The van der Waals surface area contributed by atoms with Gasteiger partial charge in [-0.15, -0.1) is 0 Å². The summed E-state index contributed by atoms with van der Waals surface area (Å²) in [5.74, 6) is -2.29. The van der Waals surface area contributed by atoms with Crippen LogP contribution in [0.1, 0.15) is 10.4 Å². The van der Waals surface area contributed by atoms with Crippen molar-refractivity contribution in [3.63, 3.8) is 0 Å². The van der Waals surface area contributed by atoms with Crippen LogP contribution in [0.25, 0.3) is 0 Å². The molecule has 1 aromatic carbocycles. The first-order chi connectivity index (χ1) is 8.93. The number of benzene rings is 1. The molecule has 1 aliphatic heterocycles. The molecular formula is C12H12O7. The topological polar surface area (TPSA) is 124 Å². The van der Waals surface area contributed by atoms with Crippen LogP contribution in [0.15, 0.2) is 24.3 Å². The summed E-state index contributed by atoms with van der Waals surface area (Å²) in [5.41, 5.74) is -0.122. The minimum atomic E-state index is -2.07. The first-order valence-corrected chi connectivity index (χ1v) is 5.50. The van der Waals surface area contributed by atoms with E-state index in [2.05, 4.69) is 0 Å². The second-order valence-electron chi connectivity index (χ2n) is 4.15. The van der Waals surface area contributed by atoms with Crippen LogP contribution in [0.3, 0.4) is 0 Å². The highest BCUT2D eigenvalue weighted by Crippen LogP contribution is 2.24. The van der Waals surface area contributed by atoms with Crippen LogP contribution >= 0.6 is 0 Å². The number of carbonyl (C=O) groups excluding carboxylic acids is 2. The summed E-state index contributed by atoms with van der Waals surface area (Å²) in [6, 6.07) is 5.57. The van der Waals surface area contributed by atoms with E-state index in [4.69, 9.17) is 4.74 Å². The zero-order valence-corrected chi connectivity index (χ0v) is 9.63. The minimum Gasteiger partial charge on any atom is -0.424 e. The van der Waals surface area contributed by atoms with Crippen molar-refractivity contribution in [1.82, 2.24) is 0 Å². The van der Waals surface area contributed by atoms with Crippen molar-refractivity contribution in [3.8, 4) is 5.75 Å². The third kappa shape index (κ3) is 2.36. The van der Waals surface area contributed by atoms with E-state index in [1.54, 1.807) is 0 Å². The molecule has 1 unspecified atom stereocenters. The van der Waals surface area contributed by atoms with Crippen molar-refractivity contribution in [2.24, 2.45) is 0 Å². The van der Waals surface area contributed by atoms with Gasteiger partial charge in [0.1, 0.15) is 24.1 Å². The molecule has 4 atom stereocenters. The molecule has 0 radical (unpaired) electrons. The van der Waals surface area contributed by atoms with Crippen LogP contribution < -0.4 is 4.74 Å². The first kappa shape index (κ1) is 13.6. The van der Waals surface area contributed by atoms with Gasteiger partial charge in [-0.25, -0.2) is 4.79 Å². The lowest BCUT2D eigenvalue weighted by atomic mass is 9.97. The molecule has 102 valence electrons. The summed E-state index contributed by atoms with van der Waals surface area (Å²) in [7, 11) is 0. The molecule has 0 aromatic heterocycles. The Morgan fingerprint density at radius 1 is 0.895 bits per heavy atom. The smallest absolute Gasteiger partial charge is 0.343 e. The monoisotopic (exact) mass is 268 g/mol. The van der Waals surface area contributed by atoms with Gasteiger partial charge in [-0.2, -0.15) is 0 Å². The predicted octanol–water partition coefficient (Wildman–Crippen LogP) is -1.77. The van der Waals surface area contributed by atoms with Crippen molar-refractivity contribution in [3.05, 3.63) is 29.8 Å². The highest BCUT2D eigenvalue weighted by Gasteiger charge is 2.41. The molecule has 0 aliphatic carbocycles. The molecule has 19 heavy (non-hydrogen) atoms. The summed E-state index contributed by atoms with van der Waals surface area (Å²) in [4.78, 5) is 23.4. The highest BCUT2D eigenvalue weighted by atomic mass is 16.6. The molecular weight excluding hydrogens is 256 g/mol. The van der Waals surface area contributed by atoms with Crippen LogP contribution in [-0.2, 0) is 4.79 Å². The van der Waals surface area contributed by atoms with Crippen LogP contribution in [0.2, 0.25) is 0 Å². The molecule has 0 spiro atoms. The zero-order valence-electron chi connectivity index (χ0n) is 9.63. The number of ether oxygens (including phenoxy) is 1. The number of esters is 1. The SMILES string of the molecule is O=C1c2ccccc2OC(=O)[C@H](O)[C@H](O)[C@H](O)C1O. The van der Waals surface area contributed by atoms with Crippen LogP contribution in [0.4, 0.5) is 0 Å². The average molecular weight is 268 g/mol. The maximum Gasteiger partial charge on any atom is 0.343 e. The Morgan fingerprint density at radius 3 is 2.16 bits per heavy atom. The van der Waals surface area contributed by atoms with E-state index in [-0.39, 0.29) is 11.3 Å². The maximum absolute atomic E-state index is 11.9.